The predicted molar refractivity (Wildman–Crippen MR) is 116 cm³/mol. The van der Waals surface area contributed by atoms with Crippen LogP contribution in [0.15, 0.2) is 100 Å². The summed E-state index contributed by atoms with van der Waals surface area (Å²) in [6.07, 6.45) is 0. The standard InChI is InChI=1S/C23H19N5O3/c1-16(29)24-22-21(23(30)28(27-22)18-8-4-2-5-9-18)26-25-17-12-14-20(15-13-17)31-19-10-6-3-7-11-19/h2-15,21H,1H3,(H,24,27,29)/t21-/m0/s1. The Morgan fingerprint density at radius 1 is 0.935 bits per heavy atom. The third-order valence-electron chi connectivity index (χ3n) is 4.32. The molecule has 1 atom stereocenters. The Morgan fingerprint density at radius 2 is 1.55 bits per heavy atom. The number of rotatable bonds is 5. The van der Waals surface area contributed by atoms with E-state index in [4.69, 9.17) is 4.74 Å². The van der Waals surface area contributed by atoms with Crippen molar-refractivity contribution in [2.75, 3.05) is 5.01 Å². The van der Waals surface area contributed by atoms with Crippen LogP contribution < -0.4 is 15.1 Å². The highest BCUT2D eigenvalue weighted by molar-refractivity contribution is 6.21. The largest absolute Gasteiger partial charge is 0.457 e. The summed E-state index contributed by atoms with van der Waals surface area (Å²) in [7, 11) is 0. The zero-order valence-electron chi connectivity index (χ0n) is 16.7. The van der Waals surface area contributed by atoms with Gasteiger partial charge in [0.1, 0.15) is 11.5 Å². The van der Waals surface area contributed by atoms with Gasteiger partial charge in [-0.3, -0.25) is 9.59 Å². The third-order valence-corrected chi connectivity index (χ3v) is 4.32. The second-order valence-electron chi connectivity index (χ2n) is 6.68. The molecular weight excluding hydrogens is 394 g/mol. The molecule has 2 amide bonds. The van der Waals surface area contributed by atoms with Gasteiger partial charge in [0.05, 0.1) is 11.4 Å². The number of amides is 2. The first-order valence-corrected chi connectivity index (χ1v) is 9.59. The predicted octanol–water partition coefficient (Wildman–Crippen LogP) is 4.43. The molecule has 0 radical (unpaired) electrons. The number of para-hydroxylation sites is 2. The smallest absolute Gasteiger partial charge is 0.282 e. The summed E-state index contributed by atoms with van der Waals surface area (Å²) < 4.78 is 5.75. The molecule has 0 saturated carbocycles. The number of benzene rings is 3. The minimum Gasteiger partial charge on any atom is -0.457 e. The van der Waals surface area contributed by atoms with Crippen LogP contribution in [0.2, 0.25) is 0 Å². The second-order valence-corrected chi connectivity index (χ2v) is 6.68. The SMILES string of the molecule is CC(=O)NC1=NN(c2ccccc2)C(=O)[C@H]1N=Nc1ccc(Oc2ccccc2)cc1. The van der Waals surface area contributed by atoms with E-state index in [1.807, 2.05) is 36.4 Å². The number of nitrogens with zero attached hydrogens (tertiary/aromatic N) is 4. The molecule has 8 nitrogen and oxygen atoms in total. The summed E-state index contributed by atoms with van der Waals surface area (Å²) in [5.41, 5.74) is 1.11. The quantitative estimate of drug-likeness (QED) is 0.627. The van der Waals surface area contributed by atoms with E-state index in [-0.39, 0.29) is 11.7 Å². The first-order valence-electron chi connectivity index (χ1n) is 9.59. The molecule has 31 heavy (non-hydrogen) atoms. The van der Waals surface area contributed by atoms with Crippen molar-refractivity contribution < 1.29 is 14.3 Å². The molecule has 0 aromatic heterocycles. The van der Waals surface area contributed by atoms with Crippen LogP contribution in [0.25, 0.3) is 0 Å². The molecule has 0 saturated heterocycles. The van der Waals surface area contributed by atoms with Crippen molar-refractivity contribution in [1.29, 1.82) is 0 Å². The molecule has 1 heterocycles. The van der Waals surface area contributed by atoms with E-state index >= 15 is 0 Å². The maximum Gasteiger partial charge on any atom is 0.282 e. The van der Waals surface area contributed by atoms with E-state index in [0.717, 1.165) is 5.75 Å². The number of azo groups is 1. The van der Waals surface area contributed by atoms with Gasteiger partial charge in [0, 0.05) is 6.92 Å². The zero-order chi connectivity index (χ0) is 21.6. The minimum atomic E-state index is -1.04. The van der Waals surface area contributed by atoms with Gasteiger partial charge in [0.25, 0.3) is 5.91 Å². The number of nitrogens with one attached hydrogen (secondary N) is 1. The number of carbonyl (C=O) groups is 2. The maximum atomic E-state index is 12.9. The van der Waals surface area contributed by atoms with Crippen LogP contribution in [0.1, 0.15) is 6.92 Å². The van der Waals surface area contributed by atoms with Gasteiger partial charge in [0.2, 0.25) is 11.9 Å². The van der Waals surface area contributed by atoms with Gasteiger partial charge in [0.15, 0.2) is 5.84 Å². The van der Waals surface area contributed by atoms with Crippen molar-refractivity contribution in [1.82, 2.24) is 5.32 Å². The van der Waals surface area contributed by atoms with Crippen molar-refractivity contribution in [3.05, 3.63) is 84.9 Å². The average Bonchev–Trinajstić information content (AvgIpc) is 3.09. The lowest BCUT2D eigenvalue weighted by Crippen LogP contribution is -2.38. The molecule has 0 aliphatic carbocycles. The van der Waals surface area contributed by atoms with Gasteiger partial charge in [-0.15, -0.1) is 5.10 Å². The zero-order valence-corrected chi connectivity index (χ0v) is 16.7. The van der Waals surface area contributed by atoms with Crippen LogP contribution in [0, 0.1) is 0 Å². The molecule has 4 rings (SSSR count). The number of hydrogen-bond donors (Lipinski definition) is 1. The van der Waals surface area contributed by atoms with E-state index in [1.165, 1.54) is 11.9 Å². The molecule has 3 aromatic carbocycles. The van der Waals surface area contributed by atoms with Crippen LogP contribution >= 0.6 is 0 Å². The van der Waals surface area contributed by atoms with E-state index in [1.54, 1.807) is 48.5 Å². The Kier molecular flexibility index (Phi) is 5.79. The Balaban J connectivity index is 1.50. The van der Waals surface area contributed by atoms with Gasteiger partial charge in [-0.05, 0) is 48.5 Å². The van der Waals surface area contributed by atoms with E-state index < -0.39 is 11.9 Å². The summed E-state index contributed by atoms with van der Waals surface area (Å²) >= 11 is 0. The summed E-state index contributed by atoms with van der Waals surface area (Å²) in [4.78, 5) is 24.4. The van der Waals surface area contributed by atoms with Crippen LogP contribution in [-0.4, -0.2) is 23.7 Å². The molecule has 3 aromatic rings. The first kappa shape index (κ1) is 20.0. The number of amidine groups is 1. The molecule has 0 spiro atoms. The molecule has 0 unspecified atom stereocenters. The minimum absolute atomic E-state index is 0.133. The Labute approximate surface area is 178 Å². The molecule has 8 heteroatoms. The highest BCUT2D eigenvalue weighted by Gasteiger charge is 2.37. The lowest BCUT2D eigenvalue weighted by molar-refractivity contribution is -0.117. The summed E-state index contributed by atoms with van der Waals surface area (Å²) in [6, 6.07) is 24.3. The molecule has 1 N–H and O–H groups in total. The van der Waals surface area contributed by atoms with Gasteiger partial charge in [-0.2, -0.15) is 15.2 Å². The van der Waals surface area contributed by atoms with Crippen molar-refractivity contribution in [3.8, 4) is 11.5 Å². The number of hydrogen-bond acceptors (Lipinski definition) is 6. The van der Waals surface area contributed by atoms with E-state index in [0.29, 0.717) is 17.1 Å². The van der Waals surface area contributed by atoms with Crippen molar-refractivity contribution in [2.24, 2.45) is 15.3 Å². The molecular formula is C23H19N5O3. The molecule has 154 valence electrons. The van der Waals surface area contributed by atoms with Crippen LogP contribution in [0.5, 0.6) is 11.5 Å². The number of ether oxygens (including phenoxy) is 1. The number of anilines is 1. The molecule has 1 aliphatic rings. The van der Waals surface area contributed by atoms with Gasteiger partial charge >= 0.3 is 0 Å². The van der Waals surface area contributed by atoms with Crippen LogP contribution in [0.3, 0.4) is 0 Å². The van der Waals surface area contributed by atoms with Crippen molar-refractivity contribution >= 4 is 29.0 Å². The Hall–Kier alpha value is -4.33. The fraction of sp³-hybridized carbons (Fsp3) is 0.0870. The third kappa shape index (κ3) is 4.81. The van der Waals surface area contributed by atoms with E-state index in [2.05, 4.69) is 20.6 Å². The maximum absolute atomic E-state index is 12.9. The second kappa shape index (κ2) is 9.00. The monoisotopic (exact) mass is 413 g/mol. The van der Waals surface area contributed by atoms with Crippen LogP contribution in [-0.2, 0) is 9.59 Å². The van der Waals surface area contributed by atoms with Crippen molar-refractivity contribution in [3.63, 3.8) is 0 Å². The topological polar surface area (TPSA) is 95.7 Å². The summed E-state index contributed by atoms with van der Waals surface area (Å²) in [5.74, 6) is 0.768. The van der Waals surface area contributed by atoms with E-state index in [9.17, 15) is 9.59 Å². The van der Waals surface area contributed by atoms with Gasteiger partial charge in [-0.25, -0.2) is 0 Å². The van der Waals surface area contributed by atoms with Gasteiger partial charge in [-0.1, -0.05) is 36.4 Å². The summed E-state index contributed by atoms with van der Waals surface area (Å²) in [5, 5.41) is 16.3. The fourth-order valence-corrected chi connectivity index (χ4v) is 2.91. The molecule has 0 fully saturated rings. The van der Waals surface area contributed by atoms with Crippen LogP contribution in [0.4, 0.5) is 11.4 Å². The summed E-state index contributed by atoms with van der Waals surface area (Å²) in [6.45, 7) is 1.35. The first-order chi connectivity index (χ1) is 15.1. The lowest BCUT2D eigenvalue weighted by atomic mass is 10.2. The Bertz CT molecular complexity index is 1130. The van der Waals surface area contributed by atoms with Crippen molar-refractivity contribution in [2.45, 2.75) is 13.0 Å². The highest BCUT2D eigenvalue weighted by atomic mass is 16.5. The normalized spacial score (nSPS) is 15.8. The lowest BCUT2D eigenvalue weighted by Gasteiger charge is -2.11. The van der Waals surface area contributed by atoms with Gasteiger partial charge < -0.3 is 10.1 Å². The fourth-order valence-electron chi connectivity index (χ4n) is 2.91. The number of carbonyl (C=O) groups excluding carboxylic acids is 2. The highest BCUT2D eigenvalue weighted by Crippen LogP contribution is 2.25. The average molecular weight is 413 g/mol. The number of hydrazone groups is 1. The Morgan fingerprint density at radius 3 is 2.19 bits per heavy atom. The molecule has 0 bridgehead atoms. The molecule has 1 aliphatic heterocycles.